The molecule has 4 nitrogen and oxygen atoms in total. The van der Waals surface area contributed by atoms with E-state index >= 15 is 0 Å². The van der Waals surface area contributed by atoms with Crippen molar-refractivity contribution in [2.75, 3.05) is 5.32 Å². The fourth-order valence-corrected chi connectivity index (χ4v) is 6.54. The average Bonchev–Trinajstić information content (AvgIpc) is 2.73. The molecule has 0 radical (unpaired) electrons. The Balaban J connectivity index is 1.63. The summed E-state index contributed by atoms with van der Waals surface area (Å²) in [4.78, 5) is 13.8. The molecule has 0 atom stereocenters. The molecule has 0 unspecified atom stereocenters. The second kappa shape index (κ2) is 9.29. The largest absolute Gasteiger partial charge is 0.320 e. The summed E-state index contributed by atoms with van der Waals surface area (Å²) < 4.78 is 25.9. The van der Waals surface area contributed by atoms with Gasteiger partial charge in [0, 0.05) is 30.5 Å². The molecule has 3 aromatic rings. The number of rotatable bonds is 4. The van der Waals surface area contributed by atoms with Crippen LogP contribution in [0.25, 0.3) is 6.08 Å². The zero-order valence-electron chi connectivity index (χ0n) is 16.0. The Kier molecular flexibility index (Phi) is 6.82. The Bertz CT molecular complexity index is 1370. The molecule has 1 heterocycles. The van der Waals surface area contributed by atoms with Crippen molar-refractivity contribution in [2.45, 2.75) is 15.5 Å². The molecule has 0 fully saturated rings. The van der Waals surface area contributed by atoms with E-state index in [0.717, 1.165) is 0 Å². The molecule has 0 aliphatic carbocycles. The highest BCUT2D eigenvalue weighted by atomic mass is 35.5. The van der Waals surface area contributed by atoms with Crippen molar-refractivity contribution in [3.05, 3.63) is 90.7 Å². The van der Waals surface area contributed by atoms with Crippen LogP contribution in [0, 0.1) is 0 Å². The van der Waals surface area contributed by atoms with Crippen LogP contribution in [0.1, 0.15) is 11.1 Å². The number of halogens is 4. The van der Waals surface area contributed by atoms with Gasteiger partial charge < -0.3 is 5.32 Å². The molecule has 32 heavy (non-hydrogen) atoms. The van der Waals surface area contributed by atoms with Crippen molar-refractivity contribution >= 4 is 85.7 Å². The minimum atomic E-state index is -3.76. The maximum Gasteiger partial charge on any atom is 0.262 e. The maximum atomic E-state index is 13.0. The zero-order chi connectivity index (χ0) is 23.0. The number of amides is 1. The fourth-order valence-electron chi connectivity index (χ4n) is 3.04. The van der Waals surface area contributed by atoms with E-state index in [1.54, 1.807) is 48.5 Å². The Morgan fingerprint density at radius 1 is 0.906 bits per heavy atom. The van der Waals surface area contributed by atoms with E-state index in [1.165, 1.54) is 23.9 Å². The summed E-state index contributed by atoms with van der Waals surface area (Å²) in [5, 5.41) is 4.21. The average molecular weight is 545 g/mol. The SMILES string of the molecule is O=C1Nc2cc(S(=O)(=O)Cc3c(Cl)cccc3Cl)ccc2S/C1=C\c1ccc(Cl)cc1Cl. The zero-order valence-corrected chi connectivity index (χ0v) is 20.7. The standard InChI is InChI=1S/C22H13Cl4NO3S2/c23-13-5-4-12(18(26)9-13)8-21-22(28)27-19-10-14(6-7-20(19)31-21)32(29,30)11-15-16(24)2-1-3-17(15)25/h1-10H,11H2,(H,27,28)/b21-8-. The van der Waals surface area contributed by atoms with Gasteiger partial charge in [-0.2, -0.15) is 0 Å². The lowest BCUT2D eigenvalue weighted by Crippen LogP contribution is -2.18. The van der Waals surface area contributed by atoms with E-state index in [-0.39, 0.29) is 26.6 Å². The molecule has 1 aliphatic rings. The highest BCUT2D eigenvalue weighted by Crippen LogP contribution is 2.41. The molecule has 0 saturated heterocycles. The van der Waals surface area contributed by atoms with Crippen molar-refractivity contribution in [3.63, 3.8) is 0 Å². The molecule has 0 saturated carbocycles. The van der Waals surface area contributed by atoms with E-state index in [2.05, 4.69) is 5.32 Å². The number of benzene rings is 3. The predicted molar refractivity (Wildman–Crippen MR) is 133 cm³/mol. The summed E-state index contributed by atoms with van der Waals surface area (Å²) >= 11 is 25.6. The van der Waals surface area contributed by atoms with Gasteiger partial charge in [0.2, 0.25) is 0 Å². The topological polar surface area (TPSA) is 63.2 Å². The van der Waals surface area contributed by atoms with Gasteiger partial charge >= 0.3 is 0 Å². The third-order valence-electron chi connectivity index (χ3n) is 4.65. The molecule has 10 heteroatoms. The molecule has 1 N–H and O–H groups in total. The smallest absolute Gasteiger partial charge is 0.262 e. The molecule has 164 valence electrons. The second-order valence-electron chi connectivity index (χ2n) is 6.85. The number of thioether (sulfide) groups is 1. The first-order valence-electron chi connectivity index (χ1n) is 9.10. The van der Waals surface area contributed by atoms with Crippen molar-refractivity contribution in [3.8, 4) is 0 Å². The molecular weight excluding hydrogens is 532 g/mol. The lowest BCUT2D eigenvalue weighted by atomic mass is 10.2. The van der Waals surface area contributed by atoms with Gasteiger partial charge in [-0.25, -0.2) is 8.42 Å². The maximum absolute atomic E-state index is 13.0. The lowest BCUT2D eigenvalue weighted by Gasteiger charge is -2.20. The first kappa shape index (κ1) is 23.5. The van der Waals surface area contributed by atoms with E-state index in [1.807, 2.05) is 0 Å². The van der Waals surface area contributed by atoms with Gasteiger partial charge in [-0.1, -0.05) is 70.3 Å². The van der Waals surface area contributed by atoms with Crippen LogP contribution in [-0.4, -0.2) is 14.3 Å². The van der Waals surface area contributed by atoms with Gasteiger partial charge in [-0.3, -0.25) is 4.79 Å². The highest BCUT2D eigenvalue weighted by molar-refractivity contribution is 8.04. The van der Waals surface area contributed by atoms with Crippen LogP contribution in [0.2, 0.25) is 20.1 Å². The van der Waals surface area contributed by atoms with Crippen LogP contribution < -0.4 is 5.32 Å². The Morgan fingerprint density at radius 3 is 2.31 bits per heavy atom. The monoisotopic (exact) mass is 543 g/mol. The second-order valence-corrected chi connectivity index (χ2v) is 11.6. The first-order valence-corrected chi connectivity index (χ1v) is 13.1. The van der Waals surface area contributed by atoms with Crippen LogP contribution >= 0.6 is 58.2 Å². The summed E-state index contributed by atoms with van der Waals surface area (Å²) in [5.41, 5.74) is 1.38. The Morgan fingerprint density at radius 2 is 1.62 bits per heavy atom. The quantitative estimate of drug-likeness (QED) is 0.348. The summed E-state index contributed by atoms with van der Waals surface area (Å²) in [7, 11) is -3.76. The highest BCUT2D eigenvalue weighted by Gasteiger charge is 2.25. The van der Waals surface area contributed by atoms with Gasteiger partial charge in [0.25, 0.3) is 5.91 Å². The number of carbonyl (C=O) groups excluding carboxylic acids is 1. The van der Waals surface area contributed by atoms with Crippen LogP contribution in [0.4, 0.5) is 5.69 Å². The van der Waals surface area contributed by atoms with Gasteiger partial charge in [-0.15, -0.1) is 0 Å². The molecule has 4 rings (SSSR count). The summed E-state index contributed by atoms with van der Waals surface area (Å²) in [6.45, 7) is 0. The minimum Gasteiger partial charge on any atom is -0.320 e. The van der Waals surface area contributed by atoms with Crippen LogP contribution in [0.3, 0.4) is 0 Å². The van der Waals surface area contributed by atoms with Crippen molar-refractivity contribution < 1.29 is 13.2 Å². The van der Waals surface area contributed by atoms with Crippen molar-refractivity contribution in [1.82, 2.24) is 0 Å². The number of fused-ring (bicyclic) bond motifs is 1. The molecule has 0 aromatic heterocycles. The van der Waals surface area contributed by atoms with Crippen LogP contribution in [0.15, 0.2) is 69.3 Å². The number of nitrogens with one attached hydrogen (secondary N) is 1. The van der Waals surface area contributed by atoms with E-state index in [0.29, 0.717) is 36.7 Å². The summed E-state index contributed by atoms with van der Waals surface area (Å²) in [6.07, 6.45) is 1.66. The molecule has 1 amide bonds. The van der Waals surface area contributed by atoms with Crippen molar-refractivity contribution in [1.29, 1.82) is 0 Å². The molecule has 1 aliphatic heterocycles. The lowest BCUT2D eigenvalue weighted by molar-refractivity contribution is -0.112. The Labute approximate surface area is 209 Å². The number of anilines is 1. The molecule has 0 bridgehead atoms. The van der Waals surface area contributed by atoms with Crippen molar-refractivity contribution in [2.24, 2.45) is 0 Å². The third kappa shape index (κ3) is 4.96. The summed E-state index contributed by atoms with van der Waals surface area (Å²) in [5.74, 6) is -0.719. The van der Waals surface area contributed by atoms with Gasteiger partial charge in [-0.05, 0) is 54.1 Å². The Hall–Kier alpha value is -1.67. The molecule has 0 spiro atoms. The van der Waals surface area contributed by atoms with E-state index in [4.69, 9.17) is 46.4 Å². The van der Waals surface area contributed by atoms with Gasteiger partial charge in [0.1, 0.15) is 0 Å². The molecule has 3 aromatic carbocycles. The fraction of sp³-hybridized carbons (Fsp3) is 0.0455. The first-order chi connectivity index (χ1) is 15.1. The minimum absolute atomic E-state index is 0.0568. The van der Waals surface area contributed by atoms with E-state index in [9.17, 15) is 13.2 Å². The summed E-state index contributed by atoms with van der Waals surface area (Å²) in [6, 6.07) is 14.4. The van der Waals surface area contributed by atoms with Crippen LogP contribution in [0.5, 0.6) is 0 Å². The van der Waals surface area contributed by atoms with Crippen LogP contribution in [-0.2, 0) is 20.4 Å². The number of hydrogen-bond acceptors (Lipinski definition) is 4. The third-order valence-corrected chi connectivity index (χ3v) is 8.66. The number of sulfone groups is 1. The number of hydrogen-bond donors (Lipinski definition) is 1. The normalized spacial score (nSPS) is 14.9. The molecular formula is C22H13Cl4NO3S2. The van der Waals surface area contributed by atoms with Gasteiger partial charge in [0.15, 0.2) is 9.84 Å². The number of carbonyl (C=O) groups is 1. The van der Waals surface area contributed by atoms with Gasteiger partial charge in [0.05, 0.1) is 21.2 Å². The predicted octanol–water partition coefficient (Wildman–Crippen LogP) is 7.36. The van der Waals surface area contributed by atoms with E-state index < -0.39 is 9.84 Å².